The van der Waals surface area contributed by atoms with E-state index in [1.165, 1.54) is 18.3 Å². The van der Waals surface area contributed by atoms with Gasteiger partial charge in [-0.3, -0.25) is 9.59 Å². The number of carbonyl (C=O) groups excluding carboxylic acids is 2. The molecule has 1 saturated carbocycles. The molecule has 8 heteroatoms. The Morgan fingerprint density at radius 2 is 1.83 bits per heavy atom. The fourth-order valence-corrected chi connectivity index (χ4v) is 3.45. The van der Waals surface area contributed by atoms with Gasteiger partial charge >= 0.3 is 0 Å². The van der Waals surface area contributed by atoms with Crippen LogP contribution in [-0.2, 0) is 5.54 Å². The third-order valence-corrected chi connectivity index (χ3v) is 5.04. The van der Waals surface area contributed by atoms with Crippen LogP contribution in [0.2, 0.25) is 5.02 Å². The average molecular weight is 411 g/mol. The molecule has 3 aromatic rings. The van der Waals surface area contributed by atoms with Gasteiger partial charge in [0.1, 0.15) is 5.82 Å². The van der Waals surface area contributed by atoms with Crippen LogP contribution < -0.4 is 10.6 Å². The molecule has 6 nitrogen and oxygen atoms in total. The zero-order valence-electron chi connectivity index (χ0n) is 15.2. The van der Waals surface area contributed by atoms with E-state index in [0.717, 1.165) is 30.5 Å². The maximum absolute atomic E-state index is 14.1. The van der Waals surface area contributed by atoms with Crippen molar-refractivity contribution in [3.05, 3.63) is 88.5 Å². The lowest BCUT2D eigenvalue weighted by atomic mass is 10.0. The highest BCUT2D eigenvalue weighted by Gasteiger charge is 2.47. The molecule has 0 unspecified atom stereocenters. The number of hydrogen-bond acceptors (Lipinski definition) is 4. The number of benzene rings is 2. The van der Waals surface area contributed by atoms with Crippen molar-refractivity contribution in [2.75, 3.05) is 5.32 Å². The third kappa shape index (κ3) is 4.09. The predicted octanol–water partition coefficient (Wildman–Crippen LogP) is 3.94. The minimum atomic E-state index is -0.644. The summed E-state index contributed by atoms with van der Waals surface area (Å²) >= 11 is 6.27. The first-order valence-electron chi connectivity index (χ1n) is 8.94. The number of nitrogens with one attached hydrogen (secondary N) is 2. The predicted molar refractivity (Wildman–Crippen MR) is 106 cm³/mol. The molecule has 1 fully saturated rings. The van der Waals surface area contributed by atoms with Crippen molar-refractivity contribution in [1.29, 1.82) is 0 Å². The van der Waals surface area contributed by atoms with Gasteiger partial charge in [-0.25, -0.2) is 4.39 Å². The quantitative estimate of drug-likeness (QED) is 0.667. The third-order valence-electron chi connectivity index (χ3n) is 4.72. The Morgan fingerprint density at radius 3 is 2.52 bits per heavy atom. The van der Waals surface area contributed by atoms with E-state index in [1.54, 1.807) is 12.1 Å². The van der Waals surface area contributed by atoms with Crippen LogP contribution in [-0.4, -0.2) is 22.0 Å². The van der Waals surface area contributed by atoms with E-state index >= 15 is 0 Å². The largest absolute Gasteiger partial charge is 0.342 e. The minimum absolute atomic E-state index is 0.0819. The van der Waals surface area contributed by atoms with E-state index < -0.39 is 23.2 Å². The fraction of sp³-hybridized carbons (Fsp3) is 0.143. The summed E-state index contributed by atoms with van der Waals surface area (Å²) in [4.78, 5) is 25.0. The number of carbonyl (C=O) groups is 2. The van der Waals surface area contributed by atoms with E-state index in [1.807, 2.05) is 18.2 Å². The molecule has 0 spiro atoms. The van der Waals surface area contributed by atoms with Gasteiger partial charge in [0.25, 0.3) is 11.8 Å². The van der Waals surface area contributed by atoms with Gasteiger partial charge in [0.2, 0.25) is 0 Å². The van der Waals surface area contributed by atoms with Crippen LogP contribution in [0.1, 0.15) is 39.3 Å². The van der Waals surface area contributed by atoms with Crippen LogP contribution in [0.5, 0.6) is 0 Å². The van der Waals surface area contributed by atoms with Gasteiger partial charge in [-0.2, -0.15) is 5.10 Å². The van der Waals surface area contributed by atoms with Crippen molar-refractivity contribution in [3.63, 3.8) is 0 Å². The van der Waals surface area contributed by atoms with Gasteiger partial charge in [0.05, 0.1) is 5.54 Å². The maximum atomic E-state index is 14.1. The van der Waals surface area contributed by atoms with Crippen molar-refractivity contribution in [2.24, 2.45) is 0 Å². The summed E-state index contributed by atoms with van der Waals surface area (Å²) in [5.41, 5.74) is 0.609. The van der Waals surface area contributed by atoms with E-state index in [0.29, 0.717) is 5.02 Å². The monoisotopic (exact) mass is 410 g/mol. The molecule has 2 amide bonds. The van der Waals surface area contributed by atoms with Crippen molar-refractivity contribution in [1.82, 2.24) is 15.5 Å². The van der Waals surface area contributed by atoms with Crippen molar-refractivity contribution >= 4 is 29.1 Å². The van der Waals surface area contributed by atoms with Gasteiger partial charge in [0.15, 0.2) is 5.69 Å². The molecule has 0 bridgehead atoms. The van der Waals surface area contributed by atoms with Gasteiger partial charge in [-0.15, -0.1) is 5.10 Å². The Morgan fingerprint density at radius 1 is 1.03 bits per heavy atom. The summed E-state index contributed by atoms with van der Waals surface area (Å²) in [6.07, 6.45) is 2.93. The summed E-state index contributed by atoms with van der Waals surface area (Å²) < 4.78 is 14.1. The molecule has 1 aromatic heterocycles. The molecule has 1 heterocycles. The van der Waals surface area contributed by atoms with E-state index in [-0.39, 0.29) is 16.9 Å². The van der Waals surface area contributed by atoms with Gasteiger partial charge in [-0.1, -0.05) is 29.8 Å². The van der Waals surface area contributed by atoms with E-state index in [9.17, 15) is 14.0 Å². The SMILES string of the molecule is O=C(NC1(c2ccccc2Cl)CC1)c1cc(F)cc(NC(=O)c2cccnn2)c1. The molecule has 4 rings (SSSR count). The van der Waals surface area contributed by atoms with Crippen LogP contribution in [0, 0.1) is 5.82 Å². The fourth-order valence-electron chi connectivity index (χ4n) is 3.14. The number of aromatic nitrogens is 2. The standard InChI is InChI=1S/C21H16ClFN4O2/c22-17-5-2-1-4-16(17)21(7-8-21)26-19(28)13-10-14(23)12-15(11-13)25-20(29)18-6-3-9-24-27-18/h1-6,9-12H,7-8H2,(H,25,29)(H,26,28). The first kappa shape index (κ1) is 19.0. The summed E-state index contributed by atoms with van der Waals surface area (Å²) in [5.74, 6) is -1.64. The summed E-state index contributed by atoms with van der Waals surface area (Å²) in [6.45, 7) is 0. The normalized spacial score (nSPS) is 14.1. The van der Waals surface area contributed by atoms with Crippen molar-refractivity contribution in [3.8, 4) is 0 Å². The van der Waals surface area contributed by atoms with E-state index in [2.05, 4.69) is 20.8 Å². The van der Waals surface area contributed by atoms with E-state index in [4.69, 9.17) is 11.6 Å². The van der Waals surface area contributed by atoms with Gasteiger partial charge in [-0.05, 0) is 54.8 Å². The number of nitrogens with zero attached hydrogens (tertiary/aromatic N) is 2. The number of anilines is 1. The second-order valence-electron chi connectivity index (χ2n) is 6.81. The van der Waals surface area contributed by atoms with Crippen LogP contribution in [0.25, 0.3) is 0 Å². The Hall–Kier alpha value is -3.32. The molecule has 1 aliphatic carbocycles. The molecule has 0 aliphatic heterocycles. The summed E-state index contributed by atoms with van der Waals surface area (Å²) in [7, 11) is 0. The lowest BCUT2D eigenvalue weighted by Gasteiger charge is -2.19. The molecule has 0 saturated heterocycles. The highest BCUT2D eigenvalue weighted by molar-refractivity contribution is 6.31. The molecule has 29 heavy (non-hydrogen) atoms. The number of rotatable bonds is 5. The number of halogens is 2. The van der Waals surface area contributed by atoms with Crippen molar-refractivity contribution in [2.45, 2.75) is 18.4 Å². The molecular weight excluding hydrogens is 395 g/mol. The average Bonchev–Trinajstić information content (AvgIpc) is 3.48. The Labute approximate surface area is 171 Å². The highest BCUT2D eigenvalue weighted by atomic mass is 35.5. The van der Waals surface area contributed by atoms with Crippen LogP contribution in [0.4, 0.5) is 10.1 Å². The maximum Gasteiger partial charge on any atom is 0.276 e. The van der Waals surface area contributed by atoms with Crippen molar-refractivity contribution < 1.29 is 14.0 Å². The molecule has 2 aromatic carbocycles. The second kappa shape index (κ2) is 7.60. The minimum Gasteiger partial charge on any atom is -0.342 e. The molecule has 146 valence electrons. The van der Waals surface area contributed by atoms with Gasteiger partial charge < -0.3 is 10.6 Å². The first-order chi connectivity index (χ1) is 14.0. The Bertz CT molecular complexity index is 1090. The Kier molecular flexibility index (Phi) is 4.98. The second-order valence-corrected chi connectivity index (χ2v) is 7.21. The zero-order valence-corrected chi connectivity index (χ0v) is 15.9. The Balaban J connectivity index is 1.54. The topological polar surface area (TPSA) is 84.0 Å². The van der Waals surface area contributed by atoms with Crippen LogP contribution in [0.3, 0.4) is 0 Å². The molecule has 0 atom stereocenters. The molecule has 2 N–H and O–H groups in total. The number of amides is 2. The molecule has 0 radical (unpaired) electrons. The highest BCUT2D eigenvalue weighted by Crippen LogP contribution is 2.48. The smallest absolute Gasteiger partial charge is 0.276 e. The number of hydrogen-bond donors (Lipinski definition) is 2. The lowest BCUT2D eigenvalue weighted by molar-refractivity contribution is 0.0929. The summed E-state index contributed by atoms with van der Waals surface area (Å²) in [6, 6.07) is 14.0. The first-order valence-corrected chi connectivity index (χ1v) is 9.32. The molecule has 1 aliphatic rings. The lowest BCUT2D eigenvalue weighted by Crippen LogP contribution is -2.35. The molecular formula is C21H16ClFN4O2. The zero-order chi connectivity index (χ0) is 20.4. The van der Waals surface area contributed by atoms with Crippen LogP contribution in [0.15, 0.2) is 60.8 Å². The summed E-state index contributed by atoms with van der Waals surface area (Å²) in [5, 5.41) is 13.4. The van der Waals surface area contributed by atoms with Crippen LogP contribution >= 0.6 is 11.6 Å². The van der Waals surface area contributed by atoms with Gasteiger partial charge in [0, 0.05) is 22.5 Å².